The molecule has 0 aromatic rings. The third-order valence-electron chi connectivity index (χ3n) is 3.61. The van der Waals surface area contributed by atoms with E-state index in [2.05, 4.69) is 17.3 Å². The van der Waals surface area contributed by atoms with E-state index in [0.29, 0.717) is 0 Å². The van der Waals surface area contributed by atoms with Gasteiger partial charge in [-0.2, -0.15) is 0 Å². The minimum Gasteiger partial charge on any atom is -0.316 e. The molecule has 1 saturated carbocycles. The summed E-state index contributed by atoms with van der Waals surface area (Å²) in [7, 11) is 2.31. The van der Waals surface area contributed by atoms with Crippen LogP contribution in [0.5, 0.6) is 0 Å². The SMILES string of the molecule is CN(CC1CNC1)C1CCCCC1. The van der Waals surface area contributed by atoms with Gasteiger partial charge in [-0.3, -0.25) is 0 Å². The molecule has 2 heteroatoms. The highest BCUT2D eigenvalue weighted by molar-refractivity contribution is 4.81. The highest BCUT2D eigenvalue weighted by atomic mass is 15.1. The Morgan fingerprint density at radius 1 is 1.15 bits per heavy atom. The molecule has 0 aromatic carbocycles. The zero-order valence-electron chi connectivity index (χ0n) is 8.76. The van der Waals surface area contributed by atoms with Crippen LogP contribution in [0.15, 0.2) is 0 Å². The van der Waals surface area contributed by atoms with E-state index in [9.17, 15) is 0 Å². The Bertz CT molecular complexity index is 148. The second kappa shape index (κ2) is 4.43. The number of nitrogens with zero attached hydrogens (tertiary/aromatic N) is 1. The van der Waals surface area contributed by atoms with E-state index in [4.69, 9.17) is 0 Å². The van der Waals surface area contributed by atoms with Crippen molar-refractivity contribution in [3.8, 4) is 0 Å². The molecular formula is C11H22N2. The quantitative estimate of drug-likeness (QED) is 0.711. The molecule has 1 aliphatic carbocycles. The standard InChI is InChI=1S/C11H22N2/c1-13(9-10-7-12-8-10)11-5-3-2-4-6-11/h10-12H,2-9H2,1H3. The first-order chi connectivity index (χ1) is 6.36. The molecule has 1 aliphatic heterocycles. The van der Waals surface area contributed by atoms with Gasteiger partial charge in [0.2, 0.25) is 0 Å². The van der Waals surface area contributed by atoms with Gasteiger partial charge in [0.25, 0.3) is 0 Å². The minimum atomic E-state index is 0.898. The summed E-state index contributed by atoms with van der Waals surface area (Å²) in [4.78, 5) is 2.60. The third kappa shape index (κ3) is 2.44. The van der Waals surface area contributed by atoms with Crippen LogP contribution in [-0.2, 0) is 0 Å². The van der Waals surface area contributed by atoms with E-state index in [1.54, 1.807) is 0 Å². The first-order valence-electron chi connectivity index (χ1n) is 5.77. The highest BCUT2D eigenvalue weighted by Gasteiger charge is 2.23. The smallest absolute Gasteiger partial charge is 0.00923 e. The fourth-order valence-corrected chi connectivity index (χ4v) is 2.56. The molecule has 2 aliphatic rings. The Morgan fingerprint density at radius 3 is 2.38 bits per heavy atom. The third-order valence-corrected chi connectivity index (χ3v) is 3.61. The van der Waals surface area contributed by atoms with Crippen molar-refractivity contribution in [1.82, 2.24) is 10.2 Å². The Labute approximate surface area is 81.7 Å². The van der Waals surface area contributed by atoms with E-state index in [1.807, 2.05) is 0 Å². The maximum atomic E-state index is 3.34. The summed E-state index contributed by atoms with van der Waals surface area (Å²) in [6.45, 7) is 3.81. The van der Waals surface area contributed by atoms with E-state index in [1.165, 1.54) is 51.7 Å². The molecule has 1 N–H and O–H groups in total. The molecule has 1 heterocycles. The van der Waals surface area contributed by atoms with Crippen LogP contribution in [0.2, 0.25) is 0 Å². The van der Waals surface area contributed by atoms with Gasteiger partial charge < -0.3 is 10.2 Å². The summed E-state index contributed by atoms with van der Waals surface area (Å²) in [6, 6.07) is 0.898. The van der Waals surface area contributed by atoms with E-state index in [0.717, 1.165) is 12.0 Å². The molecule has 0 atom stereocenters. The molecule has 13 heavy (non-hydrogen) atoms. The van der Waals surface area contributed by atoms with E-state index in [-0.39, 0.29) is 0 Å². The zero-order chi connectivity index (χ0) is 9.10. The summed E-state index contributed by atoms with van der Waals surface area (Å²) in [6.07, 6.45) is 7.26. The van der Waals surface area contributed by atoms with Crippen LogP contribution in [0.3, 0.4) is 0 Å². The van der Waals surface area contributed by atoms with E-state index < -0.39 is 0 Å². The topological polar surface area (TPSA) is 15.3 Å². The molecule has 0 radical (unpaired) electrons. The molecule has 0 unspecified atom stereocenters. The largest absolute Gasteiger partial charge is 0.316 e. The molecule has 2 fully saturated rings. The fraction of sp³-hybridized carbons (Fsp3) is 1.00. The number of hydrogen-bond donors (Lipinski definition) is 1. The van der Waals surface area contributed by atoms with E-state index >= 15 is 0 Å². The summed E-state index contributed by atoms with van der Waals surface area (Å²) >= 11 is 0. The lowest BCUT2D eigenvalue weighted by molar-refractivity contribution is 0.145. The second-order valence-corrected chi connectivity index (χ2v) is 4.76. The normalized spacial score (nSPS) is 26.3. The fourth-order valence-electron chi connectivity index (χ4n) is 2.56. The summed E-state index contributed by atoms with van der Waals surface area (Å²) in [5.74, 6) is 0.937. The molecule has 1 saturated heterocycles. The van der Waals surface area contributed by atoms with Crippen LogP contribution in [0.4, 0.5) is 0 Å². The van der Waals surface area contributed by atoms with Crippen LogP contribution in [0, 0.1) is 5.92 Å². The number of rotatable bonds is 3. The predicted molar refractivity (Wildman–Crippen MR) is 55.9 cm³/mol. The summed E-state index contributed by atoms with van der Waals surface area (Å²) in [5, 5.41) is 3.34. The summed E-state index contributed by atoms with van der Waals surface area (Å²) in [5.41, 5.74) is 0. The maximum absolute atomic E-state index is 3.34. The Balaban J connectivity index is 1.70. The van der Waals surface area contributed by atoms with Crippen molar-refractivity contribution in [2.24, 2.45) is 5.92 Å². The van der Waals surface area contributed by atoms with Crippen molar-refractivity contribution in [1.29, 1.82) is 0 Å². The summed E-state index contributed by atoms with van der Waals surface area (Å²) < 4.78 is 0. The monoisotopic (exact) mass is 182 g/mol. The molecule has 0 bridgehead atoms. The molecule has 76 valence electrons. The van der Waals surface area contributed by atoms with Crippen molar-refractivity contribution < 1.29 is 0 Å². The lowest BCUT2D eigenvalue weighted by atomic mass is 9.93. The maximum Gasteiger partial charge on any atom is 0.00923 e. The van der Waals surface area contributed by atoms with Crippen molar-refractivity contribution in [2.45, 2.75) is 38.1 Å². The van der Waals surface area contributed by atoms with Crippen LogP contribution in [0.1, 0.15) is 32.1 Å². The average Bonchev–Trinajstić information content (AvgIpc) is 2.12. The van der Waals surface area contributed by atoms with Gasteiger partial charge in [0.15, 0.2) is 0 Å². The Kier molecular flexibility index (Phi) is 3.23. The van der Waals surface area contributed by atoms with Gasteiger partial charge in [-0.15, -0.1) is 0 Å². The molecule has 2 rings (SSSR count). The zero-order valence-corrected chi connectivity index (χ0v) is 8.76. The van der Waals surface area contributed by atoms with Crippen LogP contribution in [-0.4, -0.2) is 37.6 Å². The van der Waals surface area contributed by atoms with Gasteiger partial charge in [-0.1, -0.05) is 19.3 Å². The minimum absolute atomic E-state index is 0.898. The number of nitrogens with one attached hydrogen (secondary N) is 1. The highest BCUT2D eigenvalue weighted by Crippen LogP contribution is 2.22. The van der Waals surface area contributed by atoms with Gasteiger partial charge in [0, 0.05) is 25.7 Å². The van der Waals surface area contributed by atoms with Crippen LogP contribution >= 0.6 is 0 Å². The second-order valence-electron chi connectivity index (χ2n) is 4.76. The number of hydrogen-bond acceptors (Lipinski definition) is 2. The molecule has 0 amide bonds. The van der Waals surface area contributed by atoms with Gasteiger partial charge in [-0.05, 0) is 25.8 Å². The first kappa shape index (κ1) is 9.47. The van der Waals surface area contributed by atoms with Gasteiger partial charge in [-0.25, -0.2) is 0 Å². The van der Waals surface area contributed by atoms with Crippen LogP contribution in [0.25, 0.3) is 0 Å². The molecular weight excluding hydrogens is 160 g/mol. The van der Waals surface area contributed by atoms with Gasteiger partial charge >= 0.3 is 0 Å². The van der Waals surface area contributed by atoms with Crippen molar-refractivity contribution in [3.05, 3.63) is 0 Å². The van der Waals surface area contributed by atoms with Crippen molar-refractivity contribution in [2.75, 3.05) is 26.7 Å². The lowest BCUT2D eigenvalue weighted by Crippen LogP contribution is -2.49. The molecule has 0 aromatic heterocycles. The predicted octanol–water partition coefficient (Wildman–Crippen LogP) is 1.47. The van der Waals surface area contributed by atoms with Gasteiger partial charge in [0.05, 0.1) is 0 Å². The first-order valence-corrected chi connectivity index (χ1v) is 5.77. The lowest BCUT2D eigenvalue weighted by Gasteiger charge is -2.37. The Morgan fingerprint density at radius 2 is 1.85 bits per heavy atom. The van der Waals surface area contributed by atoms with Crippen molar-refractivity contribution in [3.63, 3.8) is 0 Å². The van der Waals surface area contributed by atoms with Crippen LogP contribution < -0.4 is 5.32 Å². The van der Waals surface area contributed by atoms with Gasteiger partial charge in [0.1, 0.15) is 0 Å². The molecule has 0 spiro atoms. The Hall–Kier alpha value is -0.0800. The van der Waals surface area contributed by atoms with Crippen molar-refractivity contribution >= 4 is 0 Å². The molecule has 2 nitrogen and oxygen atoms in total. The average molecular weight is 182 g/mol.